The third-order valence-electron chi connectivity index (χ3n) is 3.85. The van der Waals surface area contributed by atoms with Gasteiger partial charge >= 0.3 is 0 Å². The Morgan fingerprint density at radius 2 is 2.26 bits per heavy atom. The Morgan fingerprint density at radius 3 is 3.05 bits per heavy atom. The lowest BCUT2D eigenvalue weighted by Gasteiger charge is -2.27. The molecule has 0 radical (unpaired) electrons. The van der Waals surface area contributed by atoms with Crippen LogP contribution < -0.4 is 9.64 Å². The predicted molar refractivity (Wildman–Crippen MR) is 82.8 cm³/mol. The molecule has 1 fully saturated rings. The van der Waals surface area contributed by atoms with Crippen molar-refractivity contribution in [1.82, 2.24) is 0 Å². The molecule has 1 saturated heterocycles. The quantitative estimate of drug-likeness (QED) is 0.793. The van der Waals surface area contributed by atoms with E-state index in [4.69, 9.17) is 4.74 Å². The molecule has 106 valence electrons. The van der Waals surface area contributed by atoms with E-state index in [-0.39, 0.29) is 0 Å². The first-order valence-corrected chi connectivity index (χ1v) is 8.25. The monoisotopic (exact) mass is 326 g/mol. The van der Waals surface area contributed by atoms with E-state index in [0.29, 0.717) is 0 Å². The van der Waals surface area contributed by atoms with Crippen LogP contribution in [-0.2, 0) is 0 Å². The Hall–Kier alpha value is -0.540. The summed E-state index contributed by atoms with van der Waals surface area (Å²) in [6, 6.07) is 8.08. The molecule has 1 aromatic rings. The molecule has 0 amide bonds. The van der Waals surface area contributed by atoms with E-state index in [0.717, 1.165) is 29.2 Å². The van der Waals surface area contributed by atoms with Crippen LogP contribution in [-0.4, -0.2) is 26.2 Å². The van der Waals surface area contributed by atoms with E-state index in [2.05, 4.69) is 22.9 Å². The summed E-state index contributed by atoms with van der Waals surface area (Å²) in [5, 5.41) is 0. The van der Waals surface area contributed by atoms with Gasteiger partial charge in [0.2, 0.25) is 0 Å². The number of nitrogens with one attached hydrogen (secondary N) is 1. The van der Waals surface area contributed by atoms with Gasteiger partial charge < -0.3 is 9.64 Å². The number of likely N-dealkylation sites (tertiary alicyclic amines) is 1. The maximum Gasteiger partial charge on any atom is 0.120 e. The molecule has 2 nitrogen and oxygen atoms in total. The highest BCUT2D eigenvalue weighted by Crippen LogP contribution is 2.17. The average molecular weight is 327 g/mol. The third kappa shape index (κ3) is 5.53. The molecule has 1 aromatic carbocycles. The van der Waals surface area contributed by atoms with E-state index >= 15 is 0 Å². The summed E-state index contributed by atoms with van der Waals surface area (Å²) in [6.45, 7) is 7.27. The SMILES string of the molecule is C[C@@H]1CCC[NH+](CCCCOc2cccc(Br)c2)C1. The minimum atomic E-state index is 0.833. The minimum absolute atomic E-state index is 0.833. The molecule has 0 bridgehead atoms. The Labute approximate surface area is 125 Å². The second-order valence-electron chi connectivity index (χ2n) is 5.71. The van der Waals surface area contributed by atoms with Gasteiger partial charge in [-0.15, -0.1) is 0 Å². The molecule has 0 saturated carbocycles. The number of benzene rings is 1. The largest absolute Gasteiger partial charge is 0.494 e. The Kier molecular flexibility index (Phi) is 6.18. The van der Waals surface area contributed by atoms with Gasteiger partial charge in [-0.1, -0.05) is 28.9 Å². The molecular formula is C16H25BrNO+. The Balaban J connectivity index is 1.57. The van der Waals surface area contributed by atoms with E-state index in [1.165, 1.54) is 38.9 Å². The van der Waals surface area contributed by atoms with E-state index in [1.807, 2.05) is 24.3 Å². The zero-order valence-electron chi connectivity index (χ0n) is 11.8. The molecule has 1 heterocycles. The Bertz CT molecular complexity index is 383. The molecule has 2 atom stereocenters. The molecule has 1 N–H and O–H groups in total. The summed E-state index contributed by atoms with van der Waals surface area (Å²) in [5.74, 6) is 1.88. The summed E-state index contributed by atoms with van der Waals surface area (Å²) in [5.41, 5.74) is 0. The molecule has 2 rings (SSSR count). The molecule has 0 aromatic heterocycles. The molecular weight excluding hydrogens is 302 g/mol. The lowest BCUT2D eigenvalue weighted by atomic mass is 10.0. The maximum absolute atomic E-state index is 5.76. The molecule has 1 unspecified atom stereocenters. The van der Waals surface area contributed by atoms with Crippen LogP contribution in [0.5, 0.6) is 5.75 Å². The first kappa shape index (κ1) is 14.9. The van der Waals surface area contributed by atoms with Crippen molar-refractivity contribution in [2.45, 2.75) is 32.6 Å². The molecule has 1 aliphatic rings. The van der Waals surface area contributed by atoms with Crippen LogP contribution in [0.15, 0.2) is 28.7 Å². The number of halogens is 1. The van der Waals surface area contributed by atoms with Gasteiger partial charge in [-0.2, -0.15) is 0 Å². The van der Waals surface area contributed by atoms with E-state index in [9.17, 15) is 0 Å². The van der Waals surface area contributed by atoms with E-state index in [1.54, 1.807) is 4.90 Å². The van der Waals surface area contributed by atoms with Crippen LogP contribution in [0.3, 0.4) is 0 Å². The van der Waals surface area contributed by atoms with Gasteiger partial charge in [0, 0.05) is 10.4 Å². The highest BCUT2D eigenvalue weighted by Gasteiger charge is 2.18. The molecule has 19 heavy (non-hydrogen) atoms. The van der Waals surface area contributed by atoms with Gasteiger partial charge in [-0.05, 0) is 43.9 Å². The first-order chi connectivity index (χ1) is 9.24. The van der Waals surface area contributed by atoms with Gasteiger partial charge in [0.1, 0.15) is 5.75 Å². The number of hydrogen-bond acceptors (Lipinski definition) is 1. The minimum Gasteiger partial charge on any atom is -0.494 e. The lowest BCUT2D eigenvalue weighted by molar-refractivity contribution is -0.908. The van der Waals surface area contributed by atoms with Crippen molar-refractivity contribution < 1.29 is 9.64 Å². The summed E-state index contributed by atoms with van der Waals surface area (Å²) in [6.07, 6.45) is 5.26. The summed E-state index contributed by atoms with van der Waals surface area (Å²) in [4.78, 5) is 1.79. The van der Waals surface area contributed by atoms with Crippen molar-refractivity contribution in [1.29, 1.82) is 0 Å². The van der Waals surface area contributed by atoms with Crippen LogP contribution >= 0.6 is 15.9 Å². The third-order valence-corrected chi connectivity index (χ3v) is 4.35. The summed E-state index contributed by atoms with van der Waals surface area (Å²) in [7, 11) is 0. The molecule has 1 aliphatic heterocycles. The fourth-order valence-corrected chi connectivity index (χ4v) is 3.23. The first-order valence-electron chi connectivity index (χ1n) is 7.46. The number of quaternary nitrogens is 1. The van der Waals surface area contributed by atoms with Crippen molar-refractivity contribution >= 4 is 15.9 Å². The van der Waals surface area contributed by atoms with Crippen molar-refractivity contribution in [2.24, 2.45) is 5.92 Å². The van der Waals surface area contributed by atoms with Crippen molar-refractivity contribution in [2.75, 3.05) is 26.2 Å². The second kappa shape index (κ2) is 7.91. The van der Waals surface area contributed by atoms with Crippen LogP contribution in [0.25, 0.3) is 0 Å². The number of hydrogen-bond donors (Lipinski definition) is 1. The van der Waals surface area contributed by atoms with Crippen molar-refractivity contribution in [3.05, 3.63) is 28.7 Å². The Morgan fingerprint density at radius 1 is 1.37 bits per heavy atom. The number of ether oxygens (including phenoxy) is 1. The smallest absolute Gasteiger partial charge is 0.120 e. The normalized spacial score (nSPS) is 23.3. The number of unbranched alkanes of at least 4 members (excludes halogenated alkanes) is 1. The molecule has 0 aliphatic carbocycles. The van der Waals surface area contributed by atoms with Gasteiger partial charge in [0.25, 0.3) is 0 Å². The standard InChI is InChI=1S/C16H24BrNO/c1-14-6-5-10-18(13-14)9-2-3-11-19-16-8-4-7-15(17)12-16/h4,7-8,12,14H,2-3,5-6,9-11,13H2,1H3/p+1/t14-/m1/s1. The highest BCUT2D eigenvalue weighted by atomic mass is 79.9. The van der Waals surface area contributed by atoms with Crippen LogP contribution in [0.4, 0.5) is 0 Å². The van der Waals surface area contributed by atoms with Crippen LogP contribution in [0.2, 0.25) is 0 Å². The zero-order valence-corrected chi connectivity index (χ0v) is 13.4. The maximum atomic E-state index is 5.76. The lowest BCUT2D eigenvalue weighted by Crippen LogP contribution is -3.13. The molecule has 3 heteroatoms. The average Bonchev–Trinajstić information content (AvgIpc) is 2.38. The topological polar surface area (TPSA) is 13.7 Å². The van der Waals surface area contributed by atoms with Gasteiger partial charge in [-0.3, -0.25) is 0 Å². The fourth-order valence-electron chi connectivity index (χ4n) is 2.85. The van der Waals surface area contributed by atoms with Gasteiger partial charge in [-0.25, -0.2) is 0 Å². The fraction of sp³-hybridized carbons (Fsp3) is 0.625. The molecule has 0 spiro atoms. The summed E-state index contributed by atoms with van der Waals surface area (Å²) < 4.78 is 6.84. The van der Waals surface area contributed by atoms with Gasteiger partial charge in [0.15, 0.2) is 0 Å². The number of piperidine rings is 1. The predicted octanol–water partition coefficient (Wildman–Crippen LogP) is 2.92. The van der Waals surface area contributed by atoms with Crippen LogP contribution in [0.1, 0.15) is 32.6 Å². The summed E-state index contributed by atoms with van der Waals surface area (Å²) >= 11 is 3.46. The second-order valence-corrected chi connectivity index (χ2v) is 6.63. The van der Waals surface area contributed by atoms with Crippen molar-refractivity contribution in [3.63, 3.8) is 0 Å². The highest BCUT2D eigenvalue weighted by molar-refractivity contribution is 9.10. The van der Waals surface area contributed by atoms with Gasteiger partial charge in [0.05, 0.1) is 26.2 Å². The van der Waals surface area contributed by atoms with Crippen molar-refractivity contribution in [3.8, 4) is 5.75 Å². The van der Waals surface area contributed by atoms with E-state index < -0.39 is 0 Å². The number of rotatable bonds is 6. The van der Waals surface area contributed by atoms with Crippen LogP contribution in [0, 0.1) is 5.92 Å². The zero-order chi connectivity index (χ0) is 13.5.